The molecule has 0 aliphatic heterocycles. The number of rotatable bonds is 7. The molecule has 1 fully saturated rings. The molecule has 0 amide bonds. The Hall–Kier alpha value is -0.510. The fourth-order valence-corrected chi connectivity index (χ4v) is 3.04. The molecule has 1 aliphatic rings. The third-order valence-electron chi connectivity index (χ3n) is 3.35. The zero-order valence-electron chi connectivity index (χ0n) is 11.3. The fraction of sp³-hybridized carbons (Fsp3) is 0.600. The molecule has 0 aromatic heterocycles. The molecule has 100 valence electrons. The van der Waals surface area contributed by atoms with Crippen LogP contribution in [0.1, 0.15) is 36.8 Å². The Bertz CT molecular complexity index is 388. The first kappa shape index (κ1) is 13.9. The predicted octanol–water partition coefficient (Wildman–Crippen LogP) is 2.77. The molecule has 0 saturated heterocycles. The maximum absolute atomic E-state index is 10.1. The molecule has 1 saturated carbocycles. The van der Waals surface area contributed by atoms with Gasteiger partial charge in [0.1, 0.15) is 0 Å². The summed E-state index contributed by atoms with van der Waals surface area (Å²) in [5, 5.41) is 13.5. The molecule has 1 aliphatic carbocycles. The van der Waals surface area contributed by atoms with Gasteiger partial charge in [0.15, 0.2) is 0 Å². The highest BCUT2D eigenvalue weighted by molar-refractivity contribution is 7.98. The van der Waals surface area contributed by atoms with E-state index >= 15 is 0 Å². The zero-order chi connectivity index (χ0) is 13.0. The summed E-state index contributed by atoms with van der Waals surface area (Å²) in [6.45, 7) is 3.40. The molecule has 3 heteroatoms. The number of aliphatic hydroxyl groups is 1. The summed E-state index contributed by atoms with van der Waals surface area (Å²) in [7, 11) is 0. The lowest BCUT2D eigenvalue weighted by molar-refractivity contribution is 0.0845. The second-order valence-electron chi connectivity index (χ2n) is 5.51. The molecule has 2 N–H and O–H groups in total. The van der Waals surface area contributed by atoms with Crippen molar-refractivity contribution in [2.24, 2.45) is 0 Å². The van der Waals surface area contributed by atoms with E-state index in [9.17, 15) is 5.11 Å². The van der Waals surface area contributed by atoms with Crippen LogP contribution in [0, 0.1) is 0 Å². The normalized spacial score (nSPS) is 18.6. The van der Waals surface area contributed by atoms with Gasteiger partial charge in [0.2, 0.25) is 0 Å². The lowest BCUT2D eigenvalue weighted by Gasteiger charge is -2.23. The van der Waals surface area contributed by atoms with Crippen LogP contribution in [0.3, 0.4) is 0 Å². The van der Waals surface area contributed by atoms with Gasteiger partial charge in [-0.3, -0.25) is 0 Å². The Balaban J connectivity index is 1.86. The van der Waals surface area contributed by atoms with Crippen molar-refractivity contribution in [2.45, 2.75) is 37.8 Å². The van der Waals surface area contributed by atoms with Crippen LogP contribution < -0.4 is 5.32 Å². The van der Waals surface area contributed by atoms with Crippen molar-refractivity contribution in [3.8, 4) is 0 Å². The molecule has 1 aromatic carbocycles. The number of thioether (sulfide) groups is 1. The van der Waals surface area contributed by atoms with Crippen LogP contribution >= 0.6 is 11.8 Å². The van der Waals surface area contributed by atoms with Crippen molar-refractivity contribution in [1.29, 1.82) is 0 Å². The first-order valence-corrected chi connectivity index (χ1v) is 8.01. The van der Waals surface area contributed by atoms with Crippen LogP contribution in [0.4, 0.5) is 0 Å². The molecule has 1 unspecified atom stereocenters. The summed E-state index contributed by atoms with van der Waals surface area (Å²) in [5.41, 5.74) is 2.27. The summed E-state index contributed by atoms with van der Waals surface area (Å²) in [5.74, 6) is 1.55. The van der Waals surface area contributed by atoms with Crippen LogP contribution in [0.2, 0.25) is 0 Å². The van der Waals surface area contributed by atoms with Gasteiger partial charge in [0, 0.05) is 18.8 Å². The molecule has 0 spiro atoms. The molecule has 0 heterocycles. The van der Waals surface area contributed by atoms with E-state index in [2.05, 4.69) is 29.6 Å². The van der Waals surface area contributed by atoms with E-state index in [1.807, 2.05) is 13.2 Å². The molecule has 18 heavy (non-hydrogen) atoms. The first-order chi connectivity index (χ1) is 8.62. The number of nitrogens with one attached hydrogen (secondary N) is 1. The number of hydrogen-bond acceptors (Lipinski definition) is 3. The topological polar surface area (TPSA) is 32.3 Å². The van der Waals surface area contributed by atoms with E-state index in [1.54, 1.807) is 11.8 Å². The van der Waals surface area contributed by atoms with Gasteiger partial charge in [-0.15, -0.1) is 0 Å². The van der Waals surface area contributed by atoms with Crippen molar-refractivity contribution in [1.82, 2.24) is 5.32 Å². The fourth-order valence-electron chi connectivity index (χ4n) is 2.32. The van der Waals surface area contributed by atoms with Crippen molar-refractivity contribution in [3.05, 3.63) is 35.4 Å². The van der Waals surface area contributed by atoms with Gasteiger partial charge in [-0.1, -0.05) is 24.3 Å². The number of hydrogen-bond donors (Lipinski definition) is 2. The summed E-state index contributed by atoms with van der Waals surface area (Å²) in [6, 6.07) is 8.67. The monoisotopic (exact) mass is 265 g/mol. The Morgan fingerprint density at radius 2 is 2.11 bits per heavy atom. The minimum Gasteiger partial charge on any atom is -0.388 e. The van der Waals surface area contributed by atoms with E-state index in [4.69, 9.17) is 0 Å². The van der Waals surface area contributed by atoms with Gasteiger partial charge in [-0.2, -0.15) is 11.8 Å². The lowest BCUT2D eigenvalue weighted by atomic mass is 10.0. The third kappa shape index (κ3) is 4.01. The molecule has 2 nitrogen and oxygen atoms in total. The zero-order valence-corrected chi connectivity index (χ0v) is 12.1. The smallest absolute Gasteiger partial charge is 0.0833 e. The van der Waals surface area contributed by atoms with E-state index in [0.717, 1.165) is 18.2 Å². The van der Waals surface area contributed by atoms with Crippen molar-refractivity contribution in [2.75, 3.05) is 18.6 Å². The second kappa shape index (κ2) is 6.09. The van der Waals surface area contributed by atoms with Crippen LogP contribution in [-0.4, -0.2) is 29.3 Å². The highest BCUT2D eigenvalue weighted by Gasteiger charge is 2.25. The lowest BCUT2D eigenvalue weighted by Crippen LogP contribution is -2.39. The molecule has 1 atom stereocenters. The average molecular weight is 265 g/mol. The van der Waals surface area contributed by atoms with Crippen LogP contribution in [0.25, 0.3) is 0 Å². The molecular formula is C15H23NOS. The van der Waals surface area contributed by atoms with Crippen LogP contribution in [-0.2, 0) is 6.54 Å². The first-order valence-electron chi connectivity index (χ1n) is 6.62. The van der Waals surface area contributed by atoms with E-state index < -0.39 is 5.60 Å². The Labute approximate surface area is 114 Å². The van der Waals surface area contributed by atoms with Crippen molar-refractivity contribution in [3.63, 3.8) is 0 Å². The van der Waals surface area contributed by atoms with E-state index in [0.29, 0.717) is 6.54 Å². The molecule has 0 radical (unpaired) electrons. The minimum atomic E-state index is -0.617. The quantitative estimate of drug-likeness (QED) is 0.795. The number of benzene rings is 1. The van der Waals surface area contributed by atoms with Gasteiger partial charge in [-0.25, -0.2) is 0 Å². The maximum atomic E-state index is 10.1. The maximum Gasteiger partial charge on any atom is 0.0833 e. The third-order valence-corrected chi connectivity index (χ3v) is 4.26. The Kier molecular flexibility index (Phi) is 4.71. The van der Waals surface area contributed by atoms with E-state index in [1.165, 1.54) is 24.0 Å². The largest absolute Gasteiger partial charge is 0.388 e. The molecule has 1 aromatic rings. The Morgan fingerprint density at radius 1 is 1.39 bits per heavy atom. The highest BCUT2D eigenvalue weighted by Crippen LogP contribution is 2.41. The summed E-state index contributed by atoms with van der Waals surface area (Å²) < 4.78 is 0. The summed E-state index contributed by atoms with van der Waals surface area (Å²) in [4.78, 5) is 0. The van der Waals surface area contributed by atoms with Crippen molar-refractivity contribution >= 4 is 11.8 Å². The van der Waals surface area contributed by atoms with Gasteiger partial charge < -0.3 is 10.4 Å². The Morgan fingerprint density at radius 3 is 2.78 bits per heavy atom. The van der Waals surface area contributed by atoms with Crippen molar-refractivity contribution < 1.29 is 5.11 Å². The van der Waals surface area contributed by atoms with Gasteiger partial charge in [0.05, 0.1) is 5.60 Å². The molecule has 0 bridgehead atoms. The van der Waals surface area contributed by atoms with Crippen LogP contribution in [0.5, 0.6) is 0 Å². The highest BCUT2D eigenvalue weighted by atomic mass is 32.2. The van der Waals surface area contributed by atoms with E-state index in [-0.39, 0.29) is 0 Å². The minimum absolute atomic E-state index is 0.617. The summed E-state index contributed by atoms with van der Waals surface area (Å²) >= 11 is 1.68. The summed E-state index contributed by atoms with van der Waals surface area (Å²) in [6.07, 6.45) is 4.69. The average Bonchev–Trinajstić information content (AvgIpc) is 3.13. The van der Waals surface area contributed by atoms with Crippen LogP contribution in [0.15, 0.2) is 24.3 Å². The standard InChI is InChI=1S/C15H23NOS/c1-15(17,11-18-2)10-16-9-13-5-3-4-6-14(13)12-7-8-12/h3-6,12,16-17H,7-11H2,1-2H3. The molecule has 2 rings (SSSR count). The second-order valence-corrected chi connectivity index (χ2v) is 6.37. The van der Waals surface area contributed by atoms with Gasteiger partial charge in [0.25, 0.3) is 0 Å². The molecular weight excluding hydrogens is 242 g/mol. The van der Waals surface area contributed by atoms with Gasteiger partial charge in [-0.05, 0) is 43.1 Å². The predicted molar refractivity (Wildman–Crippen MR) is 79.1 cm³/mol. The van der Waals surface area contributed by atoms with Gasteiger partial charge >= 0.3 is 0 Å². The SMILES string of the molecule is CSCC(C)(O)CNCc1ccccc1C1CC1.